The van der Waals surface area contributed by atoms with Gasteiger partial charge in [0.15, 0.2) is 0 Å². The molecule has 0 saturated carbocycles. The number of amides is 1. The normalized spacial score (nSPS) is 19.7. The molecule has 16 heavy (non-hydrogen) atoms. The molecule has 78 valence electrons. The van der Waals surface area contributed by atoms with Crippen LogP contribution in [-0.4, -0.2) is 15.2 Å². The molecular formula is C8H5N2O2RbS3. The predicted octanol–water partition coefficient (Wildman–Crippen LogP) is -2.72. The smallest absolute Gasteiger partial charge is 0.607 e. The number of nitrogens with zero attached hydrogens (tertiary/aromatic N) is 1. The summed E-state index contributed by atoms with van der Waals surface area (Å²) in [5, 5.41) is 3.60. The van der Waals surface area contributed by atoms with Gasteiger partial charge in [0.1, 0.15) is 4.66 Å². The van der Waals surface area contributed by atoms with Crippen LogP contribution in [0.15, 0.2) is 4.79 Å². The van der Waals surface area contributed by atoms with Gasteiger partial charge in [-0.05, 0) is 11.2 Å². The minimum absolute atomic E-state index is 0. The van der Waals surface area contributed by atoms with Gasteiger partial charge >= 0.3 is 58.2 Å². The van der Waals surface area contributed by atoms with Crippen molar-refractivity contribution in [3.05, 3.63) is 24.9 Å². The number of rotatable bonds is 0. The topological polar surface area (TPSA) is 64.0 Å². The van der Waals surface area contributed by atoms with E-state index in [1.807, 2.05) is 0 Å². The predicted molar refractivity (Wildman–Crippen MR) is 66.3 cm³/mol. The van der Waals surface area contributed by atoms with E-state index in [4.69, 9.17) is 12.2 Å². The van der Waals surface area contributed by atoms with Crippen LogP contribution >= 0.6 is 35.3 Å². The number of thiocarbonyl (C=S) groups is 1. The van der Waals surface area contributed by atoms with Crippen molar-refractivity contribution in [1.82, 2.24) is 4.98 Å². The summed E-state index contributed by atoms with van der Waals surface area (Å²) < 4.78 is 1.42. The third-order valence-electron chi connectivity index (χ3n) is 1.71. The maximum Gasteiger partial charge on any atom is 1.00 e. The zero-order chi connectivity index (χ0) is 11.0. The molecule has 8 heteroatoms. The first kappa shape index (κ1) is 14.9. The Morgan fingerprint density at radius 3 is 2.56 bits per heavy atom. The molecule has 1 aliphatic rings. The van der Waals surface area contributed by atoms with Gasteiger partial charge in [0.2, 0.25) is 0 Å². The van der Waals surface area contributed by atoms with Crippen molar-refractivity contribution < 1.29 is 63.0 Å². The molecule has 1 N–H and O–H groups in total. The molecule has 2 rings (SSSR count). The number of hydrogen-bond donors (Lipinski definition) is 1. The summed E-state index contributed by atoms with van der Waals surface area (Å²) in [6.45, 7) is 1.77. The van der Waals surface area contributed by atoms with Gasteiger partial charge in [-0.25, -0.2) is 0 Å². The van der Waals surface area contributed by atoms with Gasteiger partial charge in [0.05, 0.1) is 15.3 Å². The Balaban J connectivity index is 0.00000128. The number of aromatic amines is 1. The van der Waals surface area contributed by atoms with E-state index in [2.05, 4.69) is 10.3 Å². The number of H-pyrrole nitrogens is 1. The average molecular weight is 343 g/mol. The Kier molecular flexibility index (Phi) is 5.76. The van der Waals surface area contributed by atoms with Gasteiger partial charge < -0.3 is 15.1 Å². The standard InChI is InChI=1S/C8H6N2O2S3.Rb/c1-2-3-5(11)9-7(14-3)4-6(12)10-8(13)15-4;/h2H,1H3,(H2,9,10,11,12,13);/q;+1/p-1/b3-2-;. The second-order valence-corrected chi connectivity index (χ2v) is 5.35. The van der Waals surface area contributed by atoms with Gasteiger partial charge in [-0.2, -0.15) is 0 Å². The summed E-state index contributed by atoms with van der Waals surface area (Å²) in [4.78, 5) is 25.7. The molecule has 0 spiro atoms. The molecule has 1 aromatic heterocycles. The van der Waals surface area contributed by atoms with Gasteiger partial charge in [0, 0.05) is 0 Å². The SMILES string of the molecule is C/C=c1\s/c(=C2/SC(=S)[N-]C2=O)[nH]c1=O.[Rb+]. The van der Waals surface area contributed by atoms with E-state index in [0.29, 0.717) is 18.4 Å². The van der Waals surface area contributed by atoms with Crippen molar-refractivity contribution in [2.75, 3.05) is 0 Å². The van der Waals surface area contributed by atoms with Crippen molar-refractivity contribution in [2.24, 2.45) is 0 Å². The molecule has 0 aliphatic carbocycles. The van der Waals surface area contributed by atoms with E-state index in [-0.39, 0.29) is 69.7 Å². The van der Waals surface area contributed by atoms with Crippen LogP contribution in [0.3, 0.4) is 0 Å². The Bertz CT molecular complexity index is 616. The van der Waals surface area contributed by atoms with E-state index < -0.39 is 0 Å². The molecule has 1 saturated heterocycles. The fraction of sp³-hybridized carbons (Fsp3) is 0.125. The van der Waals surface area contributed by atoms with Crippen LogP contribution in [-0.2, 0) is 4.79 Å². The molecule has 0 aromatic carbocycles. The third kappa shape index (κ3) is 3.01. The molecule has 1 fully saturated rings. The summed E-state index contributed by atoms with van der Waals surface area (Å²) in [6, 6.07) is 0. The van der Waals surface area contributed by atoms with E-state index in [1.54, 1.807) is 13.0 Å². The van der Waals surface area contributed by atoms with Crippen LogP contribution in [0.2, 0.25) is 0 Å². The van der Waals surface area contributed by atoms with E-state index >= 15 is 0 Å². The molecule has 1 aliphatic heterocycles. The fourth-order valence-corrected chi connectivity index (χ4v) is 3.04. The first-order valence-corrected chi connectivity index (χ1v) is 6.03. The minimum atomic E-state index is -0.370. The second-order valence-electron chi connectivity index (χ2n) is 2.65. The number of carbonyl (C=O) groups is 1. The number of hydrogen-bond acceptors (Lipinski definition) is 5. The van der Waals surface area contributed by atoms with E-state index in [0.717, 1.165) is 11.8 Å². The minimum Gasteiger partial charge on any atom is -0.607 e. The van der Waals surface area contributed by atoms with Crippen molar-refractivity contribution in [3.63, 3.8) is 0 Å². The van der Waals surface area contributed by atoms with E-state index in [1.165, 1.54) is 11.3 Å². The molecule has 2 heterocycles. The number of carbonyl (C=O) groups excluding carboxylic acids is 1. The Labute approximate surface area is 153 Å². The summed E-state index contributed by atoms with van der Waals surface area (Å²) in [5.41, 5.74) is -0.184. The molecule has 0 atom stereocenters. The van der Waals surface area contributed by atoms with Crippen molar-refractivity contribution >= 4 is 56.5 Å². The van der Waals surface area contributed by atoms with Gasteiger partial charge in [-0.15, -0.1) is 11.3 Å². The number of nitrogens with one attached hydrogen (secondary N) is 1. The molecular weight excluding hydrogens is 338 g/mol. The van der Waals surface area contributed by atoms with Crippen LogP contribution in [0.1, 0.15) is 6.92 Å². The van der Waals surface area contributed by atoms with Crippen molar-refractivity contribution in [2.45, 2.75) is 6.92 Å². The summed E-state index contributed by atoms with van der Waals surface area (Å²) >= 11 is 7.16. The van der Waals surface area contributed by atoms with Crippen LogP contribution in [0.4, 0.5) is 0 Å². The Morgan fingerprint density at radius 1 is 1.44 bits per heavy atom. The zero-order valence-corrected chi connectivity index (χ0v) is 15.9. The van der Waals surface area contributed by atoms with Crippen LogP contribution in [0, 0.1) is 0 Å². The number of aromatic nitrogens is 1. The molecule has 1 amide bonds. The van der Waals surface area contributed by atoms with Crippen LogP contribution in [0.5, 0.6) is 0 Å². The molecule has 0 radical (unpaired) electrons. The third-order valence-corrected chi connectivity index (χ3v) is 4.18. The number of thiazole rings is 1. The van der Waals surface area contributed by atoms with Gasteiger partial charge in [-0.3, -0.25) is 4.79 Å². The van der Waals surface area contributed by atoms with Crippen molar-refractivity contribution in [3.8, 4) is 0 Å². The molecule has 1 aromatic rings. The Hall–Kier alpha value is 0.885. The first-order chi connectivity index (χ1) is 7.11. The second kappa shape index (κ2) is 6.17. The zero-order valence-electron chi connectivity index (χ0n) is 8.57. The summed E-state index contributed by atoms with van der Waals surface area (Å²) in [6.07, 6.45) is 1.70. The van der Waals surface area contributed by atoms with E-state index in [9.17, 15) is 9.59 Å². The van der Waals surface area contributed by atoms with Crippen molar-refractivity contribution in [1.29, 1.82) is 0 Å². The summed E-state index contributed by atoms with van der Waals surface area (Å²) in [7, 11) is 0. The monoisotopic (exact) mass is 342 g/mol. The quantitative estimate of drug-likeness (QED) is 0.520. The van der Waals surface area contributed by atoms with Gasteiger partial charge in [0.25, 0.3) is 5.56 Å². The Morgan fingerprint density at radius 2 is 2.12 bits per heavy atom. The number of thioether (sulfide) groups is 1. The maximum atomic E-state index is 11.4. The van der Waals surface area contributed by atoms with Crippen LogP contribution < -0.4 is 72.9 Å². The van der Waals surface area contributed by atoms with Gasteiger partial charge in [-0.1, -0.05) is 30.1 Å². The molecule has 4 nitrogen and oxygen atoms in total. The van der Waals surface area contributed by atoms with Crippen LogP contribution in [0.25, 0.3) is 16.3 Å². The first-order valence-electron chi connectivity index (χ1n) is 3.99. The molecule has 0 bridgehead atoms. The fourth-order valence-electron chi connectivity index (χ4n) is 1.07. The summed E-state index contributed by atoms with van der Waals surface area (Å²) in [5.74, 6) is -0.370. The molecule has 0 unspecified atom stereocenters. The maximum absolute atomic E-state index is 11.4. The average Bonchev–Trinajstić information content (AvgIpc) is 2.69. The largest absolute Gasteiger partial charge is 1.00 e.